The molecule has 1 saturated heterocycles. The maximum atomic E-state index is 12.6. The third-order valence-electron chi connectivity index (χ3n) is 4.15. The molecule has 1 atom stereocenters. The van der Waals surface area contributed by atoms with Crippen LogP contribution in [0.2, 0.25) is 0 Å². The van der Waals surface area contributed by atoms with E-state index in [0.717, 1.165) is 12.8 Å². The molecule has 22 heavy (non-hydrogen) atoms. The Morgan fingerprint density at radius 1 is 1.27 bits per heavy atom. The molecule has 0 aromatic heterocycles. The second-order valence-corrected chi connectivity index (χ2v) is 6.12. The van der Waals surface area contributed by atoms with Gasteiger partial charge >= 0.3 is 5.97 Å². The summed E-state index contributed by atoms with van der Waals surface area (Å²) in [4.78, 5) is 26.2. The lowest BCUT2D eigenvalue weighted by molar-refractivity contribution is -0.149. The van der Waals surface area contributed by atoms with Crippen LogP contribution >= 0.6 is 0 Å². The van der Waals surface area contributed by atoms with Crippen molar-refractivity contribution in [1.29, 1.82) is 0 Å². The van der Waals surface area contributed by atoms with Crippen LogP contribution in [0, 0.1) is 5.92 Å². The summed E-state index contributed by atoms with van der Waals surface area (Å²) < 4.78 is 5.08. The lowest BCUT2D eigenvalue weighted by Crippen LogP contribution is -2.42. The Hall–Kier alpha value is -1.84. The van der Waals surface area contributed by atoms with Crippen LogP contribution in [0.25, 0.3) is 0 Å². The van der Waals surface area contributed by atoms with Crippen LogP contribution in [0.15, 0.2) is 24.3 Å². The van der Waals surface area contributed by atoms with Crippen molar-refractivity contribution in [2.75, 3.05) is 19.7 Å². The highest BCUT2D eigenvalue weighted by molar-refractivity contribution is 5.94. The Morgan fingerprint density at radius 3 is 2.55 bits per heavy atom. The molecular weight excluding hydrogens is 278 g/mol. The first-order valence-electron chi connectivity index (χ1n) is 8.08. The smallest absolute Gasteiger partial charge is 0.310 e. The number of likely N-dealkylation sites (tertiary alicyclic amines) is 1. The van der Waals surface area contributed by atoms with Gasteiger partial charge in [-0.2, -0.15) is 0 Å². The summed E-state index contributed by atoms with van der Waals surface area (Å²) in [5, 5.41) is 0. The summed E-state index contributed by atoms with van der Waals surface area (Å²) >= 11 is 0. The molecule has 1 fully saturated rings. The minimum Gasteiger partial charge on any atom is -0.466 e. The number of piperidine rings is 1. The van der Waals surface area contributed by atoms with Crippen LogP contribution in [0.3, 0.4) is 0 Å². The number of carbonyl (C=O) groups excluding carboxylic acids is 2. The molecule has 4 nitrogen and oxygen atoms in total. The number of amides is 1. The second-order valence-electron chi connectivity index (χ2n) is 6.12. The summed E-state index contributed by atoms with van der Waals surface area (Å²) in [5.74, 6) is 0.0828. The summed E-state index contributed by atoms with van der Waals surface area (Å²) in [6.07, 6.45) is 1.65. The molecule has 1 aromatic carbocycles. The van der Waals surface area contributed by atoms with E-state index in [9.17, 15) is 9.59 Å². The van der Waals surface area contributed by atoms with E-state index in [1.165, 1.54) is 5.56 Å². The first-order valence-corrected chi connectivity index (χ1v) is 8.08. The minimum atomic E-state index is -0.187. The monoisotopic (exact) mass is 303 g/mol. The molecule has 0 unspecified atom stereocenters. The minimum absolute atomic E-state index is 0.00399. The molecule has 0 radical (unpaired) electrons. The van der Waals surface area contributed by atoms with Crippen molar-refractivity contribution in [3.8, 4) is 0 Å². The van der Waals surface area contributed by atoms with Gasteiger partial charge in [-0.15, -0.1) is 0 Å². The summed E-state index contributed by atoms with van der Waals surface area (Å²) in [6.45, 7) is 7.63. The van der Waals surface area contributed by atoms with Gasteiger partial charge in [-0.3, -0.25) is 9.59 Å². The standard InChI is InChI=1S/C18H25NO3/c1-4-22-18(21)16-6-5-11-19(12-16)17(20)15-9-7-14(8-10-15)13(2)3/h7-10,13,16H,4-6,11-12H2,1-3H3/t16-/m0/s1. The zero-order valence-corrected chi connectivity index (χ0v) is 13.7. The molecule has 0 bridgehead atoms. The summed E-state index contributed by atoms with van der Waals surface area (Å²) in [6, 6.07) is 7.77. The van der Waals surface area contributed by atoms with Crippen molar-refractivity contribution >= 4 is 11.9 Å². The molecule has 4 heteroatoms. The maximum absolute atomic E-state index is 12.6. The number of benzene rings is 1. The molecule has 2 rings (SSSR count). The highest BCUT2D eigenvalue weighted by atomic mass is 16.5. The number of esters is 1. The van der Waals surface area contributed by atoms with E-state index in [4.69, 9.17) is 4.74 Å². The molecule has 1 aromatic rings. The Morgan fingerprint density at radius 2 is 1.95 bits per heavy atom. The fraction of sp³-hybridized carbons (Fsp3) is 0.556. The van der Waals surface area contributed by atoms with Crippen LogP contribution in [-0.2, 0) is 9.53 Å². The van der Waals surface area contributed by atoms with Crippen LogP contribution in [-0.4, -0.2) is 36.5 Å². The molecular formula is C18H25NO3. The molecule has 0 aliphatic carbocycles. The van der Waals surface area contributed by atoms with E-state index in [1.54, 1.807) is 11.8 Å². The highest BCUT2D eigenvalue weighted by Crippen LogP contribution is 2.21. The molecule has 1 heterocycles. The van der Waals surface area contributed by atoms with Crippen molar-refractivity contribution in [2.45, 2.75) is 39.5 Å². The predicted molar refractivity (Wildman–Crippen MR) is 85.8 cm³/mol. The zero-order valence-electron chi connectivity index (χ0n) is 13.7. The quantitative estimate of drug-likeness (QED) is 0.802. The van der Waals surface area contributed by atoms with Gasteiger partial charge in [0.05, 0.1) is 12.5 Å². The average molecular weight is 303 g/mol. The SMILES string of the molecule is CCOC(=O)[C@H]1CCCN(C(=O)c2ccc(C(C)C)cc2)C1. The number of hydrogen-bond donors (Lipinski definition) is 0. The lowest BCUT2D eigenvalue weighted by atomic mass is 9.97. The number of hydrogen-bond acceptors (Lipinski definition) is 3. The van der Waals surface area contributed by atoms with Gasteiger partial charge in [-0.25, -0.2) is 0 Å². The normalized spacial score (nSPS) is 18.4. The number of ether oxygens (including phenoxy) is 1. The van der Waals surface area contributed by atoms with E-state index in [0.29, 0.717) is 31.2 Å². The highest BCUT2D eigenvalue weighted by Gasteiger charge is 2.29. The number of nitrogens with zero attached hydrogens (tertiary/aromatic N) is 1. The fourth-order valence-electron chi connectivity index (χ4n) is 2.81. The van der Waals surface area contributed by atoms with Crippen LogP contribution in [0.5, 0.6) is 0 Å². The van der Waals surface area contributed by atoms with Gasteiger partial charge in [-0.05, 0) is 43.4 Å². The van der Waals surface area contributed by atoms with Crippen molar-refractivity contribution < 1.29 is 14.3 Å². The molecule has 0 saturated carbocycles. The molecule has 120 valence electrons. The van der Waals surface area contributed by atoms with E-state index in [1.807, 2.05) is 24.3 Å². The van der Waals surface area contributed by atoms with Gasteiger partial charge < -0.3 is 9.64 Å². The largest absolute Gasteiger partial charge is 0.466 e. The second kappa shape index (κ2) is 7.43. The van der Waals surface area contributed by atoms with Crippen molar-refractivity contribution in [3.63, 3.8) is 0 Å². The molecule has 1 aliphatic rings. The van der Waals surface area contributed by atoms with Gasteiger partial charge in [0.15, 0.2) is 0 Å². The van der Waals surface area contributed by atoms with Crippen LogP contribution in [0.4, 0.5) is 0 Å². The Labute approximate surface area is 132 Å². The van der Waals surface area contributed by atoms with E-state index < -0.39 is 0 Å². The third kappa shape index (κ3) is 3.87. The van der Waals surface area contributed by atoms with Gasteiger partial charge in [0.25, 0.3) is 5.91 Å². The summed E-state index contributed by atoms with van der Waals surface area (Å²) in [7, 11) is 0. The van der Waals surface area contributed by atoms with Gasteiger partial charge in [-0.1, -0.05) is 26.0 Å². The topological polar surface area (TPSA) is 46.6 Å². The molecule has 0 spiro atoms. The fourth-order valence-corrected chi connectivity index (χ4v) is 2.81. The predicted octanol–water partition coefficient (Wildman–Crippen LogP) is 3.23. The lowest BCUT2D eigenvalue weighted by Gasteiger charge is -2.31. The van der Waals surface area contributed by atoms with Gasteiger partial charge in [0.1, 0.15) is 0 Å². The van der Waals surface area contributed by atoms with Crippen LogP contribution < -0.4 is 0 Å². The number of rotatable bonds is 4. The third-order valence-corrected chi connectivity index (χ3v) is 4.15. The van der Waals surface area contributed by atoms with Crippen molar-refractivity contribution in [2.24, 2.45) is 5.92 Å². The molecule has 1 amide bonds. The van der Waals surface area contributed by atoms with Crippen LogP contribution in [0.1, 0.15) is 55.5 Å². The Balaban J connectivity index is 2.03. The van der Waals surface area contributed by atoms with E-state index in [2.05, 4.69) is 13.8 Å². The van der Waals surface area contributed by atoms with Gasteiger partial charge in [0, 0.05) is 18.7 Å². The summed E-state index contributed by atoms with van der Waals surface area (Å²) in [5.41, 5.74) is 1.91. The zero-order chi connectivity index (χ0) is 16.1. The molecule has 0 N–H and O–H groups in total. The van der Waals surface area contributed by atoms with Crippen molar-refractivity contribution in [1.82, 2.24) is 4.90 Å². The maximum Gasteiger partial charge on any atom is 0.310 e. The Bertz CT molecular complexity index is 522. The Kier molecular flexibility index (Phi) is 5.58. The number of carbonyl (C=O) groups is 2. The van der Waals surface area contributed by atoms with Crippen molar-refractivity contribution in [3.05, 3.63) is 35.4 Å². The first-order chi connectivity index (χ1) is 10.5. The van der Waals surface area contributed by atoms with Gasteiger partial charge in [0.2, 0.25) is 0 Å². The molecule has 1 aliphatic heterocycles. The average Bonchev–Trinajstić information content (AvgIpc) is 2.54. The van der Waals surface area contributed by atoms with E-state index in [-0.39, 0.29) is 17.8 Å². The first kappa shape index (κ1) is 16.5. The van der Waals surface area contributed by atoms with E-state index >= 15 is 0 Å².